The number of esters is 1. The van der Waals surface area contributed by atoms with Gasteiger partial charge >= 0.3 is 12.6 Å². The maximum atomic E-state index is 12.0. The van der Waals surface area contributed by atoms with Gasteiger partial charge in [0.15, 0.2) is 0 Å². The minimum absolute atomic E-state index is 0.00122. The summed E-state index contributed by atoms with van der Waals surface area (Å²) in [4.78, 5) is 21.7. The molecule has 0 aromatic heterocycles. The summed E-state index contributed by atoms with van der Waals surface area (Å²) < 4.78 is 33.2. The molecule has 0 saturated heterocycles. The lowest BCUT2D eigenvalue weighted by atomic mass is 10.2. The Balaban J connectivity index is 1.97. The molecule has 0 aliphatic carbocycles. The van der Waals surface area contributed by atoms with Crippen molar-refractivity contribution in [2.45, 2.75) is 6.61 Å². The Bertz CT molecular complexity index is 759. The molecule has 24 heavy (non-hydrogen) atoms. The molecule has 0 fully saturated rings. The summed E-state index contributed by atoms with van der Waals surface area (Å²) in [6, 6.07) is 10.8. The lowest BCUT2D eigenvalue weighted by Gasteiger charge is -2.04. The number of alkyl halides is 2. The molecule has 0 aliphatic heterocycles. The minimum Gasteiger partial charge on any atom is -0.435 e. The lowest BCUT2D eigenvalue weighted by Crippen LogP contribution is -2.04. The number of benzene rings is 2. The third-order valence-electron chi connectivity index (χ3n) is 2.76. The van der Waals surface area contributed by atoms with Crippen LogP contribution in [0.2, 0.25) is 0 Å². The van der Waals surface area contributed by atoms with Gasteiger partial charge in [0.2, 0.25) is 0 Å². The maximum absolute atomic E-state index is 12.0. The number of carbonyl (C=O) groups is 1. The smallest absolute Gasteiger partial charge is 0.387 e. The van der Waals surface area contributed by atoms with Crippen LogP contribution in [0.3, 0.4) is 0 Å². The fourth-order valence-electron chi connectivity index (χ4n) is 1.74. The van der Waals surface area contributed by atoms with Crippen molar-refractivity contribution in [1.29, 1.82) is 0 Å². The molecule has 0 atom stereocenters. The first-order valence-corrected chi connectivity index (χ1v) is 6.63. The van der Waals surface area contributed by atoms with E-state index >= 15 is 0 Å². The number of halogens is 2. The zero-order valence-electron chi connectivity index (χ0n) is 12.1. The van der Waals surface area contributed by atoms with Gasteiger partial charge in [-0.25, -0.2) is 4.79 Å². The standard InChI is InChI=1S/C16H11F2NO5/c17-16(18)24-13-7-4-11(5-8-13)6-9-15(20)23-14-3-1-2-12(10-14)19(21)22/h1-10,16H. The Labute approximate surface area is 135 Å². The van der Waals surface area contributed by atoms with E-state index in [-0.39, 0.29) is 17.2 Å². The Hall–Kier alpha value is -3.29. The summed E-state index contributed by atoms with van der Waals surface area (Å²) in [6.45, 7) is -2.91. The van der Waals surface area contributed by atoms with Gasteiger partial charge < -0.3 is 9.47 Å². The summed E-state index contributed by atoms with van der Waals surface area (Å²) in [7, 11) is 0. The van der Waals surface area contributed by atoms with Gasteiger partial charge in [-0.3, -0.25) is 10.1 Å². The highest BCUT2D eigenvalue weighted by molar-refractivity contribution is 5.88. The van der Waals surface area contributed by atoms with E-state index in [1.165, 1.54) is 48.5 Å². The van der Waals surface area contributed by atoms with Crippen molar-refractivity contribution in [2.75, 3.05) is 0 Å². The predicted octanol–water partition coefficient (Wildman–Crippen LogP) is 3.82. The second-order valence-corrected chi connectivity index (χ2v) is 4.46. The molecule has 0 amide bonds. The molecule has 8 heteroatoms. The molecular formula is C16H11F2NO5. The second kappa shape index (κ2) is 7.82. The summed E-state index contributed by atoms with van der Waals surface area (Å²) in [5, 5.41) is 10.6. The van der Waals surface area contributed by atoms with E-state index in [0.717, 1.165) is 12.1 Å². The zero-order valence-corrected chi connectivity index (χ0v) is 12.1. The van der Waals surface area contributed by atoms with Crippen molar-refractivity contribution in [3.63, 3.8) is 0 Å². The Morgan fingerprint density at radius 3 is 2.46 bits per heavy atom. The third-order valence-corrected chi connectivity index (χ3v) is 2.76. The highest BCUT2D eigenvalue weighted by Crippen LogP contribution is 2.19. The summed E-state index contributed by atoms with van der Waals surface area (Å²) >= 11 is 0. The molecule has 0 saturated carbocycles. The van der Waals surface area contributed by atoms with E-state index in [4.69, 9.17) is 4.74 Å². The van der Waals surface area contributed by atoms with Crippen LogP contribution in [0.25, 0.3) is 6.08 Å². The van der Waals surface area contributed by atoms with Crippen LogP contribution in [0.15, 0.2) is 54.6 Å². The Kier molecular flexibility index (Phi) is 5.56. The summed E-state index contributed by atoms with van der Waals surface area (Å²) in [5.74, 6) is -0.691. The van der Waals surface area contributed by atoms with Crippen molar-refractivity contribution in [2.24, 2.45) is 0 Å². The fourth-order valence-corrected chi connectivity index (χ4v) is 1.74. The zero-order chi connectivity index (χ0) is 17.5. The quantitative estimate of drug-likeness (QED) is 0.264. The molecule has 0 heterocycles. The Morgan fingerprint density at radius 2 is 1.83 bits per heavy atom. The molecular weight excluding hydrogens is 324 g/mol. The molecule has 0 N–H and O–H groups in total. The average Bonchev–Trinajstić information content (AvgIpc) is 2.54. The first kappa shape index (κ1) is 17.1. The first-order valence-electron chi connectivity index (χ1n) is 6.63. The maximum Gasteiger partial charge on any atom is 0.387 e. The topological polar surface area (TPSA) is 78.7 Å². The van der Waals surface area contributed by atoms with Crippen LogP contribution in [0.5, 0.6) is 11.5 Å². The number of hydrogen-bond acceptors (Lipinski definition) is 5. The first-order chi connectivity index (χ1) is 11.4. The Morgan fingerprint density at radius 1 is 1.12 bits per heavy atom. The van der Waals surface area contributed by atoms with Crippen molar-refractivity contribution in [1.82, 2.24) is 0 Å². The van der Waals surface area contributed by atoms with Gasteiger partial charge in [0.1, 0.15) is 11.5 Å². The summed E-state index contributed by atoms with van der Waals surface area (Å²) in [5.41, 5.74) is 0.367. The van der Waals surface area contributed by atoms with Crippen molar-refractivity contribution >= 4 is 17.7 Å². The second-order valence-electron chi connectivity index (χ2n) is 4.46. The SMILES string of the molecule is O=C(C=Cc1ccc(OC(F)F)cc1)Oc1cccc([N+](=O)[O-])c1. The van der Waals surface area contributed by atoms with E-state index in [0.29, 0.717) is 5.56 Å². The molecule has 2 rings (SSSR count). The molecule has 0 bridgehead atoms. The van der Waals surface area contributed by atoms with Gasteiger partial charge in [-0.05, 0) is 29.8 Å². The van der Waals surface area contributed by atoms with Crippen LogP contribution in [0.4, 0.5) is 14.5 Å². The van der Waals surface area contributed by atoms with Gasteiger partial charge in [-0.1, -0.05) is 18.2 Å². The number of non-ortho nitro benzene ring substituents is 1. The van der Waals surface area contributed by atoms with Crippen LogP contribution < -0.4 is 9.47 Å². The van der Waals surface area contributed by atoms with E-state index in [2.05, 4.69) is 4.74 Å². The molecule has 0 radical (unpaired) electrons. The number of carbonyl (C=O) groups excluding carboxylic acids is 1. The van der Waals surface area contributed by atoms with Gasteiger partial charge in [0.05, 0.1) is 11.0 Å². The van der Waals surface area contributed by atoms with Gasteiger partial charge in [0.25, 0.3) is 5.69 Å². The molecule has 6 nitrogen and oxygen atoms in total. The number of nitro groups is 1. The van der Waals surface area contributed by atoms with Crippen LogP contribution >= 0.6 is 0 Å². The monoisotopic (exact) mass is 335 g/mol. The highest BCUT2D eigenvalue weighted by Gasteiger charge is 2.08. The van der Waals surface area contributed by atoms with Gasteiger partial charge in [-0.2, -0.15) is 8.78 Å². The van der Waals surface area contributed by atoms with E-state index in [1.807, 2.05) is 0 Å². The van der Waals surface area contributed by atoms with E-state index in [9.17, 15) is 23.7 Å². The number of nitrogens with zero attached hydrogens (tertiary/aromatic N) is 1. The average molecular weight is 335 g/mol. The molecule has 0 aliphatic rings. The predicted molar refractivity (Wildman–Crippen MR) is 80.8 cm³/mol. The van der Waals surface area contributed by atoms with Crippen molar-refractivity contribution < 1.29 is 28.0 Å². The van der Waals surface area contributed by atoms with E-state index < -0.39 is 17.5 Å². The molecule has 2 aromatic rings. The largest absolute Gasteiger partial charge is 0.435 e. The van der Waals surface area contributed by atoms with Crippen LogP contribution in [0, 0.1) is 10.1 Å². The lowest BCUT2D eigenvalue weighted by molar-refractivity contribution is -0.384. The molecule has 0 unspecified atom stereocenters. The number of hydrogen-bond donors (Lipinski definition) is 0. The highest BCUT2D eigenvalue weighted by atomic mass is 19.3. The van der Waals surface area contributed by atoms with Crippen LogP contribution in [0.1, 0.15) is 5.56 Å². The van der Waals surface area contributed by atoms with Crippen molar-refractivity contribution in [3.05, 3.63) is 70.3 Å². The number of ether oxygens (including phenoxy) is 2. The van der Waals surface area contributed by atoms with Gasteiger partial charge in [0, 0.05) is 12.1 Å². The number of nitro benzene ring substituents is 1. The fraction of sp³-hybridized carbons (Fsp3) is 0.0625. The normalized spacial score (nSPS) is 10.8. The minimum atomic E-state index is -2.91. The van der Waals surface area contributed by atoms with Crippen molar-refractivity contribution in [3.8, 4) is 11.5 Å². The van der Waals surface area contributed by atoms with E-state index in [1.54, 1.807) is 0 Å². The summed E-state index contributed by atoms with van der Waals surface area (Å²) in [6.07, 6.45) is 2.52. The molecule has 124 valence electrons. The van der Waals surface area contributed by atoms with Crippen LogP contribution in [-0.4, -0.2) is 17.5 Å². The van der Waals surface area contributed by atoms with Crippen LogP contribution in [-0.2, 0) is 4.79 Å². The molecule has 0 spiro atoms. The van der Waals surface area contributed by atoms with Gasteiger partial charge in [-0.15, -0.1) is 0 Å². The number of rotatable bonds is 6. The molecule has 2 aromatic carbocycles. The third kappa shape index (κ3) is 5.16.